The van der Waals surface area contributed by atoms with E-state index in [4.69, 9.17) is 28.4 Å². The number of ether oxygens (including phenoxy) is 6. The molecule has 12 heteroatoms. The van der Waals surface area contributed by atoms with E-state index in [9.17, 15) is 15.3 Å². The molecule has 0 radical (unpaired) electrons. The highest BCUT2D eigenvalue weighted by Gasteiger charge is 2.22. The summed E-state index contributed by atoms with van der Waals surface area (Å²) in [5.74, 6) is 1.61. The van der Waals surface area contributed by atoms with Gasteiger partial charge in [0, 0.05) is 36.5 Å². The van der Waals surface area contributed by atoms with Crippen molar-refractivity contribution in [2.24, 2.45) is 0 Å². The smallest absolute Gasteiger partial charge is 0.167 e. The SMILES string of the molecule is CCOCCOc1ccc(-c2nc(-c3ccc(OCCOCC)c(C)c3O)nc(-c3ccc(OCCOCC)c(C)c3O)n2)c(O)c1C. The summed E-state index contributed by atoms with van der Waals surface area (Å²) >= 11 is 0. The van der Waals surface area contributed by atoms with E-state index in [0.717, 1.165) is 0 Å². The minimum Gasteiger partial charge on any atom is -0.507 e. The van der Waals surface area contributed by atoms with Gasteiger partial charge >= 0.3 is 0 Å². The molecule has 0 amide bonds. The third kappa shape index (κ3) is 8.62. The quantitative estimate of drug-likeness (QED) is 0.104. The van der Waals surface area contributed by atoms with E-state index in [1.807, 2.05) is 20.8 Å². The van der Waals surface area contributed by atoms with Crippen molar-refractivity contribution in [1.29, 1.82) is 0 Å². The van der Waals surface area contributed by atoms with Gasteiger partial charge in [0.2, 0.25) is 0 Å². The van der Waals surface area contributed by atoms with Crippen molar-refractivity contribution in [3.8, 4) is 68.7 Å². The van der Waals surface area contributed by atoms with Crippen molar-refractivity contribution in [1.82, 2.24) is 15.0 Å². The minimum atomic E-state index is -0.0797. The zero-order valence-electron chi connectivity index (χ0n) is 28.5. The fourth-order valence-corrected chi connectivity index (χ4v) is 4.86. The first kappa shape index (κ1) is 36.2. The van der Waals surface area contributed by atoms with Gasteiger partial charge in [0.25, 0.3) is 0 Å². The molecular weight excluding hydrogens is 618 g/mol. The molecule has 0 unspecified atom stereocenters. The molecule has 1 heterocycles. The molecular formula is C36H45N3O9. The Morgan fingerprint density at radius 1 is 0.438 bits per heavy atom. The standard InChI is InChI=1S/C36H45N3O9/c1-7-43-16-19-46-28-13-10-25(31(40)22(28)4)34-37-35(26-11-14-29(23(5)32(26)41)47-20-17-44-8-2)39-36(38-34)27-12-15-30(24(6)33(27)42)48-21-18-45-9-3/h10-15,40-42H,7-9,16-21H2,1-6H3. The lowest BCUT2D eigenvalue weighted by Crippen LogP contribution is -2.08. The molecule has 0 fully saturated rings. The predicted octanol–water partition coefficient (Wildman–Crippen LogP) is 6.16. The fraction of sp³-hybridized carbons (Fsp3) is 0.417. The number of phenols is 3. The van der Waals surface area contributed by atoms with E-state index >= 15 is 0 Å². The summed E-state index contributed by atoms with van der Waals surface area (Å²) in [6.07, 6.45) is 0. The van der Waals surface area contributed by atoms with Crippen LogP contribution in [0.2, 0.25) is 0 Å². The number of phenolic OH excluding ortho intramolecular Hbond substituents is 3. The zero-order valence-corrected chi connectivity index (χ0v) is 28.5. The molecule has 0 spiro atoms. The monoisotopic (exact) mass is 663 g/mol. The topological polar surface area (TPSA) is 155 Å². The number of nitrogens with zero attached hydrogens (tertiary/aromatic N) is 3. The molecule has 12 nitrogen and oxygen atoms in total. The van der Waals surface area contributed by atoms with Crippen LogP contribution in [-0.4, -0.2) is 89.7 Å². The van der Waals surface area contributed by atoms with Crippen LogP contribution in [0.15, 0.2) is 36.4 Å². The Morgan fingerprint density at radius 3 is 0.958 bits per heavy atom. The van der Waals surface area contributed by atoms with Gasteiger partial charge in [-0.25, -0.2) is 15.0 Å². The Morgan fingerprint density at radius 2 is 0.708 bits per heavy atom. The molecule has 0 saturated carbocycles. The number of rotatable bonds is 18. The summed E-state index contributed by atoms with van der Waals surface area (Å²) in [6.45, 7) is 14.9. The minimum absolute atomic E-state index is 0.0797. The van der Waals surface area contributed by atoms with Gasteiger partial charge in [0.15, 0.2) is 17.5 Å². The van der Waals surface area contributed by atoms with Gasteiger partial charge < -0.3 is 43.7 Å². The van der Waals surface area contributed by atoms with E-state index in [2.05, 4.69) is 15.0 Å². The predicted molar refractivity (Wildman–Crippen MR) is 181 cm³/mol. The Kier molecular flexibility index (Phi) is 13.2. The molecule has 4 rings (SSSR count). The summed E-state index contributed by atoms with van der Waals surface area (Å²) in [6, 6.07) is 10.1. The zero-order chi connectivity index (χ0) is 34.6. The van der Waals surface area contributed by atoms with Crippen LogP contribution in [0.4, 0.5) is 0 Å². The average molecular weight is 664 g/mol. The average Bonchev–Trinajstić information content (AvgIpc) is 3.08. The van der Waals surface area contributed by atoms with E-state index in [1.165, 1.54) is 0 Å². The molecule has 0 atom stereocenters. The van der Waals surface area contributed by atoms with Crippen LogP contribution in [0.3, 0.4) is 0 Å². The molecule has 3 aromatic carbocycles. The lowest BCUT2D eigenvalue weighted by atomic mass is 10.1. The van der Waals surface area contributed by atoms with Crippen LogP contribution in [-0.2, 0) is 14.2 Å². The Bertz CT molecular complexity index is 1470. The third-order valence-corrected chi connectivity index (χ3v) is 7.57. The van der Waals surface area contributed by atoms with E-state index in [0.29, 0.717) is 110 Å². The number of hydrogen-bond donors (Lipinski definition) is 3. The summed E-state index contributed by atoms with van der Waals surface area (Å²) in [5, 5.41) is 33.9. The highest BCUT2D eigenvalue weighted by atomic mass is 16.5. The second kappa shape index (κ2) is 17.5. The van der Waals surface area contributed by atoms with Crippen LogP contribution in [0.25, 0.3) is 34.2 Å². The third-order valence-electron chi connectivity index (χ3n) is 7.57. The Hall–Kier alpha value is -4.65. The summed E-state index contributed by atoms with van der Waals surface area (Å²) in [4.78, 5) is 14.0. The first-order chi connectivity index (χ1) is 23.2. The molecule has 0 aliphatic carbocycles. The maximum absolute atomic E-state index is 11.3. The summed E-state index contributed by atoms with van der Waals surface area (Å²) in [7, 11) is 0. The lowest BCUT2D eigenvalue weighted by Gasteiger charge is -2.16. The van der Waals surface area contributed by atoms with E-state index in [1.54, 1.807) is 57.2 Å². The van der Waals surface area contributed by atoms with Crippen molar-refractivity contribution < 1.29 is 43.7 Å². The Balaban J connectivity index is 1.80. The molecule has 3 N–H and O–H groups in total. The second-order valence-corrected chi connectivity index (χ2v) is 10.7. The van der Waals surface area contributed by atoms with Gasteiger partial charge in [-0.15, -0.1) is 0 Å². The van der Waals surface area contributed by atoms with Gasteiger partial charge in [0.1, 0.15) is 54.3 Å². The van der Waals surface area contributed by atoms with Crippen LogP contribution in [0.5, 0.6) is 34.5 Å². The van der Waals surface area contributed by atoms with E-state index < -0.39 is 0 Å². The first-order valence-electron chi connectivity index (χ1n) is 16.1. The number of benzene rings is 3. The van der Waals surface area contributed by atoms with Crippen LogP contribution in [0.1, 0.15) is 37.5 Å². The first-order valence-corrected chi connectivity index (χ1v) is 16.1. The van der Waals surface area contributed by atoms with Gasteiger partial charge in [-0.2, -0.15) is 0 Å². The number of aromatic hydroxyl groups is 3. The van der Waals surface area contributed by atoms with Gasteiger partial charge in [-0.1, -0.05) is 0 Å². The summed E-state index contributed by atoms with van der Waals surface area (Å²) in [5.41, 5.74) is 2.42. The maximum Gasteiger partial charge on any atom is 0.167 e. The largest absolute Gasteiger partial charge is 0.507 e. The van der Waals surface area contributed by atoms with Crippen molar-refractivity contribution in [2.75, 3.05) is 59.5 Å². The molecule has 4 aromatic rings. The molecule has 48 heavy (non-hydrogen) atoms. The molecule has 0 aliphatic rings. The highest BCUT2D eigenvalue weighted by molar-refractivity contribution is 5.77. The normalized spacial score (nSPS) is 11.1. The van der Waals surface area contributed by atoms with Crippen LogP contribution in [0, 0.1) is 20.8 Å². The molecule has 0 aliphatic heterocycles. The van der Waals surface area contributed by atoms with Crippen molar-refractivity contribution in [3.05, 3.63) is 53.1 Å². The Labute approximate surface area is 281 Å². The number of aromatic nitrogens is 3. The fourth-order valence-electron chi connectivity index (χ4n) is 4.86. The molecule has 1 aromatic heterocycles. The van der Waals surface area contributed by atoms with Gasteiger partial charge in [0.05, 0.1) is 36.5 Å². The van der Waals surface area contributed by atoms with Gasteiger partial charge in [-0.05, 0) is 77.9 Å². The van der Waals surface area contributed by atoms with Crippen molar-refractivity contribution in [3.63, 3.8) is 0 Å². The lowest BCUT2D eigenvalue weighted by molar-refractivity contribution is 0.110. The molecule has 0 bridgehead atoms. The maximum atomic E-state index is 11.3. The van der Waals surface area contributed by atoms with Crippen LogP contribution < -0.4 is 14.2 Å². The van der Waals surface area contributed by atoms with Crippen LogP contribution >= 0.6 is 0 Å². The second-order valence-electron chi connectivity index (χ2n) is 10.7. The number of hydrogen-bond acceptors (Lipinski definition) is 12. The van der Waals surface area contributed by atoms with Crippen molar-refractivity contribution >= 4 is 0 Å². The van der Waals surface area contributed by atoms with Crippen molar-refractivity contribution in [2.45, 2.75) is 41.5 Å². The highest BCUT2D eigenvalue weighted by Crippen LogP contribution is 2.41. The van der Waals surface area contributed by atoms with Gasteiger partial charge in [-0.3, -0.25) is 0 Å². The molecule has 258 valence electrons. The molecule has 0 saturated heterocycles. The van der Waals surface area contributed by atoms with E-state index in [-0.39, 0.29) is 34.7 Å². The summed E-state index contributed by atoms with van der Waals surface area (Å²) < 4.78 is 33.5.